The van der Waals surface area contributed by atoms with Crippen molar-refractivity contribution in [3.8, 4) is 0 Å². The molecule has 0 atom stereocenters. The monoisotopic (exact) mass is 234 g/mol. The molecular weight excluding hydrogens is 220 g/mol. The molecule has 0 bridgehead atoms. The maximum Gasteiger partial charge on any atom is 0.188 e. The molecule has 0 spiro atoms. The quantitative estimate of drug-likeness (QED) is 0.457. The normalized spacial score (nSPS) is 14.2. The Morgan fingerprint density at radius 1 is 1.58 bits per heavy atom. The number of rotatable bonds is 4. The molecule has 2 N–H and O–H groups in total. The summed E-state index contributed by atoms with van der Waals surface area (Å²) in [6, 6.07) is 0. The van der Waals surface area contributed by atoms with E-state index in [9.17, 15) is 0 Å². The van der Waals surface area contributed by atoms with Gasteiger partial charge < -0.3 is 10.5 Å². The molecule has 0 saturated heterocycles. The molecule has 0 amide bonds. The summed E-state index contributed by atoms with van der Waals surface area (Å²) in [6.45, 7) is 4.38. The number of nitrogens with two attached hydrogens (primary N) is 1. The lowest BCUT2D eigenvalue weighted by Crippen LogP contribution is -2.12. The van der Waals surface area contributed by atoms with Gasteiger partial charge in [0.15, 0.2) is 5.88 Å². The largest absolute Gasteiger partial charge is 0.479 e. The maximum atomic E-state index is 5.64. The lowest BCUT2D eigenvalue weighted by atomic mass is 10.2. The number of alkyl halides is 1. The van der Waals surface area contributed by atoms with Crippen LogP contribution in [0.2, 0.25) is 0 Å². The second-order valence-corrected chi connectivity index (χ2v) is 2.79. The van der Waals surface area contributed by atoms with E-state index in [1.54, 1.807) is 7.05 Å². The first-order valence-electron chi connectivity index (χ1n) is 3.78. The summed E-state index contributed by atoms with van der Waals surface area (Å²) in [4.78, 5) is 4.06. The summed E-state index contributed by atoms with van der Waals surface area (Å²) < 4.78 is 5.14. The number of nitrogens with zero attached hydrogens (tertiary/aromatic N) is 1. The van der Waals surface area contributed by atoms with E-state index < -0.39 is 0 Å². The Morgan fingerprint density at radius 3 is 2.50 bits per heavy atom. The van der Waals surface area contributed by atoms with Crippen LogP contribution in [-0.4, -0.2) is 24.7 Å². The Kier molecular flexibility index (Phi) is 5.80. The molecule has 70 valence electrons. The van der Waals surface area contributed by atoms with Gasteiger partial charge in [0.25, 0.3) is 0 Å². The standard InChI is InChI=1S/C8H15BrN2O/c1-4-12-8(10)6(2)7(5-9)11-3/h4-5,10H2,1-3H3/b8-6+,11-7?. The third-order valence-corrected chi connectivity index (χ3v) is 2.03. The summed E-state index contributed by atoms with van der Waals surface area (Å²) in [5.74, 6) is 0.456. The van der Waals surface area contributed by atoms with Crippen molar-refractivity contribution in [2.24, 2.45) is 10.7 Å². The maximum absolute atomic E-state index is 5.64. The number of allylic oxidation sites excluding steroid dienone is 1. The zero-order chi connectivity index (χ0) is 9.56. The highest BCUT2D eigenvalue weighted by atomic mass is 79.9. The predicted molar refractivity (Wildman–Crippen MR) is 55.7 cm³/mol. The second-order valence-electron chi connectivity index (χ2n) is 2.23. The number of aliphatic imine (C=N–C) groups is 1. The summed E-state index contributed by atoms with van der Waals surface area (Å²) in [6.07, 6.45) is 0. The molecule has 0 aliphatic heterocycles. The molecule has 0 aromatic carbocycles. The third-order valence-electron chi connectivity index (χ3n) is 1.50. The molecule has 0 radical (unpaired) electrons. The van der Waals surface area contributed by atoms with Gasteiger partial charge in [0.1, 0.15) is 0 Å². The molecule has 0 saturated carbocycles. The van der Waals surface area contributed by atoms with Gasteiger partial charge in [0, 0.05) is 18.0 Å². The van der Waals surface area contributed by atoms with Crippen LogP contribution in [-0.2, 0) is 4.74 Å². The Balaban J connectivity index is 4.51. The van der Waals surface area contributed by atoms with Crippen molar-refractivity contribution < 1.29 is 4.74 Å². The molecular formula is C8H15BrN2O. The fourth-order valence-electron chi connectivity index (χ4n) is 0.734. The van der Waals surface area contributed by atoms with Crippen LogP contribution >= 0.6 is 15.9 Å². The molecule has 0 fully saturated rings. The van der Waals surface area contributed by atoms with E-state index in [2.05, 4.69) is 20.9 Å². The van der Waals surface area contributed by atoms with E-state index >= 15 is 0 Å². The first-order chi connectivity index (χ1) is 5.67. The smallest absolute Gasteiger partial charge is 0.188 e. The van der Waals surface area contributed by atoms with Gasteiger partial charge in [-0.3, -0.25) is 4.99 Å². The van der Waals surface area contributed by atoms with Crippen molar-refractivity contribution in [3.63, 3.8) is 0 Å². The van der Waals surface area contributed by atoms with Crippen molar-refractivity contribution in [3.05, 3.63) is 11.5 Å². The van der Waals surface area contributed by atoms with E-state index in [1.165, 1.54) is 0 Å². The van der Waals surface area contributed by atoms with Crippen LogP contribution in [0, 0.1) is 0 Å². The Labute approximate surface area is 81.8 Å². The summed E-state index contributed by atoms with van der Waals surface area (Å²) in [5.41, 5.74) is 7.45. The lowest BCUT2D eigenvalue weighted by molar-refractivity contribution is 0.224. The molecule has 0 aromatic heterocycles. The molecule has 0 aromatic rings. The molecule has 0 aliphatic carbocycles. The highest BCUT2D eigenvalue weighted by molar-refractivity contribution is 9.09. The van der Waals surface area contributed by atoms with Crippen molar-refractivity contribution in [2.75, 3.05) is 19.0 Å². The zero-order valence-electron chi connectivity index (χ0n) is 7.72. The van der Waals surface area contributed by atoms with Gasteiger partial charge in [-0.15, -0.1) is 0 Å². The molecule has 0 unspecified atom stereocenters. The second kappa shape index (κ2) is 6.06. The molecule has 4 heteroatoms. The van der Waals surface area contributed by atoms with Crippen LogP contribution in [0.4, 0.5) is 0 Å². The van der Waals surface area contributed by atoms with Crippen molar-refractivity contribution in [2.45, 2.75) is 13.8 Å². The van der Waals surface area contributed by atoms with E-state index in [4.69, 9.17) is 10.5 Å². The fourth-order valence-corrected chi connectivity index (χ4v) is 1.40. The van der Waals surface area contributed by atoms with Gasteiger partial charge in [-0.25, -0.2) is 0 Å². The topological polar surface area (TPSA) is 47.6 Å². The average molecular weight is 235 g/mol. The van der Waals surface area contributed by atoms with Crippen LogP contribution in [0.25, 0.3) is 0 Å². The minimum Gasteiger partial charge on any atom is -0.479 e. The van der Waals surface area contributed by atoms with Gasteiger partial charge in [-0.1, -0.05) is 15.9 Å². The number of halogens is 1. The number of hydrogen-bond acceptors (Lipinski definition) is 3. The molecule has 0 heterocycles. The van der Waals surface area contributed by atoms with E-state index in [0.29, 0.717) is 17.8 Å². The first-order valence-corrected chi connectivity index (χ1v) is 4.90. The average Bonchev–Trinajstić information content (AvgIpc) is 2.07. The van der Waals surface area contributed by atoms with Crippen LogP contribution in [0.15, 0.2) is 16.4 Å². The highest BCUT2D eigenvalue weighted by Crippen LogP contribution is 2.05. The highest BCUT2D eigenvalue weighted by Gasteiger charge is 2.04. The minimum absolute atomic E-state index is 0.456. The lowest BCUT2D eigenvalue weighted by Gasteiger charge is -2.08. The Bertz CT molecular complexity index is 199. The van der Waals surface area contributed by atoms with Crippen molar-refractivity contribution >= 4 is 21.6 Å². The first kappa shape index (κ1) is 11.5. The molecule has 3 nitrogen and oxygen atoms in total. The van der Waals surface area contributed by atoms with Gasteiger partial charge in [0.05, 0.1) is 12.3 Å². The van der Waals surface area contributed by atoms with Gasteiger partial charge >= 0.3 is 0 Å². The van der Waals surface area contributed by atoms with Crippen molar-refractivity contribution in [1.82, 2.24) is 0 Å². The van der Waals surface area contributed by atoms with Crippen LogP contribution in [0.3, 0.4) is 0 Å². The van der Waals surface area contributed by atoms with E-state index in [-0.39, 0.29) is 0 Å². The van der Waals surface area contributed by atoms with Crippen LogP contribution in [0.5, 0.6) is 0 Å². The Morgan fingerprint density at radius 2 is 2.17 bits per heavy atom. The Hall–Kier alpha value is -0.510. The van der Waals surface area contributed by atoms with E-state index in [1.807, 2.05) is 13.8 Å². The summed E-state index contributed by atoms with van der Waals surface area (Å²) in [7, 11) is 1.74. The molecule has 12 heavy (non-hydrogen) atoms. The van der Waals surface area contributed by atoms with E-state index in [0.717, 1.165) is 11.3 Å². The van der Waals surface area contributed by atoms with Gasteiger partial charge in [-0.2, -0.15) is 0 Å². The van der Waals surface area contributed by atoms with Crippen molar-refractivity contribution in [1.29, 1.82) is 0 Å². The molecule has 0 aliphatic rings. The van der Waals surface area contributed by atoms with Crippen LogP contribution in [0.1, 0.15) is 13.8 Å². The van der Waals surface area contributed by atoms with Gasteiger partial charge in [-0.05, 0) is 13.8 Å². The fraction of sp³-hybridized carbons (Fsp3) is 0.625. The van der Waals surface area contributed by atoms with Crippen LogP contribution < -0.4 is 5.73 Å². The third kappa shape index (κ3) is 3.26. The zero-order valence-corrected chi connectivity index (χ0v) is 9.31. The molecule has 0 rings (SSSR count). The predicted octanol–water partition coefficient (Wildman–Crippen LogP) is 1.68. The number of hydrogen-bond donors (Lipinski definition) is 1. The summed E-state index contributed by atoms with van der Waals surface area (Å²) >= 11 is 3.32. The van der Waals surface area contributed by atoms with Gasteiger partial charge in [0.2, 0.25) is 0 Å². The summed E-state index contributed by atoms with van der Waals surface area (Å²) in [5, 5.41) is 0.698. The number of ether oxygens (including phenoxy) is 1. The minimum atomic E-state index is 0.456. The SMILES string of the molecule is CCO/C(N)=C(\C)C(CBr)=NC.